The summed E-state index contributed by atoms with van der Waals surface area (Å²) in [6.07, 6.45) is 2.99. The lowest BCUT2D eigenvalue weighted by Crippen LogP contribution is -2.32. The number of benzene rings is 1. The number of rotatable bonds is 2. The molecule has 7 heteroatoms. The molecule has 108 valence electrons. The second-order valence-electron chi connectivity index (χ2n) is 4.79. The number of hydrogen-bond acceptors (Lipinski definition) is 5. The summed E-state index contributed by atoms with van der Waals surface area (Å²) in [5, 5.41) is 3.90. The van der Waals surface area contributed by atoms with Crippen LogP contribution in [0.25, 0.3) is 10.5 Å². The van der Waals surface area contributed by atoms with Crippen molar-refractivity contribution < 1.29 is 4.79 Å². The summed E-state index contributed by atoms with van der Waals surface area (Å²) >= 11 is 1.18. The van der Waals surface area contributed by atoms with Gasteiger partial charge in [-0.2, -0.15) is 9.61 Å². The highest BCUT2D eigenvalue weighted by atomic mass is 32.1. The standard InChI is InChI=1S/C15H10N4O2S/c1-2-7-18-10-6-4-3-5-9(10)11(13(18)20)12-14(21)19-15(22-12)16-8-17-19/h2-6,8H,1,7H2. The van der Waals surface area contributed by atoms with E-state index in [4.69, 9.17) is 0 Å². The molecule has 4 rings (SSSR count). The van der Waals surface area contributed by atoms with E-state index < -0.39 is 0 Å². The quantitative estimate of drug-likeness (QED) is 0.650. The van der Waals surface area contributed by atoms with E-state index in [0.29, 0.717) is 21.6 Å². The zero-order chi connectivity index (χ0) is 15.3. The molecule has 1 aromatic carbocycles. The molecule has 6 nitrogen and oxygen atoms in total. The van der Waals surface area contributed by atoms with Gasteiger partial charge in [-0.05, 0) is 6.07 Å². The van der Waals surface area contributed by atoms with Crippen molar-refractivity contribution in [1.82, 2.24) is 14.6 Å². The summed E-state index contributed by atoms with van der Waals surface area (Å²) in [7, 11) is 0. The number of nitrogens with zero attached hydrogens (tertiary/aromatic N) is 4. The Balaban J connectivity index is 2.11. The molecule has 1 aliphatic rings. The van der Waals surface area contributed by atoms with Gasteiger partial charge in [0.1, 0.15) is 10.9 Å². The van der Waals surface area contributed by atoms with Gasteiger partial charge in [-0.3, -0.25) is 9.59 Å². The molecule has 0 bridgehead atoms. The third-order valence-corrected chi connectivity index (χ3v) is 4.60. The van der Waals surface area contributed by atoms with Gasteiger partial charge >= 0.3 is 0 Å². The minimum atomic E-state index is -0.309. The molecule has 1 amide bonds. The minimum Gasteiger partial charge on any atom is -0.304 e. The first-order chi connectivity index (χ1) is 10.7. The minimum absolute atomic E-state index is 0.192. The fraction of sp³-hybridized carbons (Fsp3) is 0.0667. The zero-order valence-electron chi connectivity index (χ0n) is 11.4. The van der Waals surface area contributed by atoms with E-state index in [2.05, 4.69) is 16.7 Å². The zero-order valence-corrected chi connectivity index (χ0v) is 12.2. The first kappa shape index (κ1) is 12.9. The van der Waals surface area contributed by atoms with Gasteiger partial charge in [-0.15, -0.1) is 6.58 Å². The Bertz CT molecular complexity index is 1030. The third-order valence-electron chi connectivity index (χ3n) is 3.56. The maximum absolute atomic E-state index is 12.8. The monoisotopic (exact) mass is 310 g/mol. The SMILES string of the molecule is C=CCN1C(=O)C(=c2sc3ncnn3c2=O)c2ccccc21. The molecule has 0 radical (unpaired) electrons. The van der Waals surface area contributed by atoms with Crippen LogP contribution >= 0.6 is 11.3 Å². The molecule has 22 heavy (non-hydrogen) atoms. The van der Waals surface area contributed by atoms with Crippen molar-refractivity contribution in [1.29, 1.82) is 0 Å². The van der Waals surface area contributed by atoms with Crippen LogP contribution in [0.4, 0.5) is 5.69 Å². The first-order valence-electron chi connectivity index (χ1n) is 6.61. The molecule has 0 aliphatic carbocycles. The van der Waals surface area contributed by atoms with Gasteiger partial charge in [0.25, 0.3) is 11.5 Å². The van der Waals surface area contributed by atoms with E-state index in [1.54, 1.807) is 11.0 Å². The van der Waals surface area contributed by atoms with E-state index in [1.807, 2.05) is 24.3 Å². The second-order valence-corrected chi connectivity index (χ2v) is 5.76. The molecule has 0 N–H and O–H groups in total. The van der Waals surface area contributed by atoms with E-state index in [0.717, 1.165) is 11.3 Å². The van der Waals surface area contributed by atoms with Gasteiger partial charge in [-0.1, -0.05) is 35.6 Å². The number of carbonyl (C=O) groups excluding carboxylic acids is 1. The van der Waals surface area contributed by atoms with Gasteiger partial charge in [0.15, 0.2) is 0 Å². The van der Waals surface area contributed by atoms with E-state index in [9.17, 15) is 9.59 Å². The Morgan fingerprint density at radius 1 is 1.27 bits per heavy atom. The lowest BCUT2D eigenvalue weighted by atomic mass is 10.1. The molecule has 3 heterocycles. The van der Waals surface area contributed by atoms with Gasteiger partial charge in [0.2, 0.25) is 4.96 Å². The van der Waals surface area contributed by atoms with E-state index >= 15 is 0 Å². The fourth-order valence-electron chi connectivity index (χ4n) is 2.64. The summed E-state index contributed by atoms with van der Waals surface area (Å²) in [6, 6.07) is 7.43. The van der Waals surface area contributed by atoms with Gasteiger partial charge in [-0.25, -0.2) is 4.98 Å². The largest absolute Gasteiger partial charge is 0.304 e. The molecule has 2 aromatic heterocycles. The predicted octanol–water partition coefficient (Wildman–Crippen LogP) is 0.601. The second kappa shape index (κ2) is 4.60. The molecular formula is C15H10N4O2S. The van der Waals surface area contributed by atoms with Gasteiger partial charge < -0.3 is 4.90 Å². The molecule has 0 saturated carbocycles. The average Bonchev–Trinajstić information content (AvgIpc) is 3.16. The number of carbonyl (C=O) groups is 1. The van der Waals surface area contributed by atoms with E-state index in [1.165, 1.54) is 22.2 Å². The van der Waals surface area contributed by atoms with Crippen LogP contribution in [-0.4, -0.2) is 27.0 Å². The number of hydrogen-bond donors (Lipinski definition) is 0. The van der Waals surface area contributed by atoms with E-state index in [-0.39, 0.29) is 11.5 Å². The van der Waals surface area contributed by atoms with Crippen molar-refractivity contribution >= 4 is 33.5 Å². The molecule has 0 saturated heterocycles. The highest BCUT2D eigenvalue weighted by Gasteiger charge is 2.33. The van der Waals surface area contributed by atoms with Crippen molar-refractivity contribution in [3.8, 4) is 0 Å². The molecule has 0 unspecified atom stereocenters. The Kier molecular flexibility index (Phi) is 2.70. The Hall–Kier alpha value is -2.80. The van der Waals surface area contributed by atoms with Crippen molar-refractivity contribution in [2.24, 2.45) is 0 Å². The molecule has 0 spiro atoms. The van der Waals surface area contributed by atoms with Crippen LogP contribution in [0, 0.1) is 0 Å². The summed E-state index contributed by atoms with van der Waals surface area (Å²) in [5.41, 5.74) is 1.66. The summed E-state index contributed by atoms with van der Waals surface area (Å²) < 4.78 is 1.60. The van der Waals surface area contributed by atoms with Gasteiger partial charge in [0, 0.05) is 12.1 Å². The topological polar surface area (TPSA) is 67.6 Å². The molecular weight excluding hydrogens is 300 g/mol. The average molecular weight is 310 g/mol. The number of amides is 1. The predicted molar refractivity (Wildman–Crippen MR) is 83.9 cm³/mol. The lowest BCUT2D eigenvalue weighted by Gasteiger charge is -2.13. The molecule has 3 aromatic rings. The molecule has 0 fully saturated rings. The van der Waals surface area contributed by atoms with Crippen LogP contribution in [0.3, 0.4) is 0 Å². The fourth-order valence-corrected chi connectivity index (χ4v) is 3.61. The summed E-state index contributed by atoms with van der Waals surface area (Å²) in [6.45, 7) is 4.08. The number of aromatic nitrogens is 3. The third kappa shape index (κ3) is 1.59. The summed E-state index contributed by atoms with van der Waals surface area (Å²) in [4.78, 5) is 31.3. The lowest BCUT2D eigenvalue weighted by molar-refractivity contribution is -0.112. The van der Waals surface area contributed by atoms with Crippen molar-refractivity contribution in [3.05, 3.63) is 63.7 Å². The maximum atomic E-state index is 12.8. The molecule has 0 atom stereocenters. The first-order valence-corrected chi connectivity index (χ1v) is 7.43. The van der Waals surface area contributed by atoms with Crippen molar-refractivity contribution in [2.45, 2.75) is 0 Å². The Morgan fingerprint density at radius 3 is 2.86 bits per heavy atom. The van der Waals surface area contributed by atoms with Gasteiger partial charge in [0.05, 0.1) is 11.3 Å². The smallest absolute Gasteiger partial charge is 0.291 e. The van der Waals surface area contributed by atoms with Crippen molar-refractivity contribution in [3.63, 3.8) is 0 Å². The van der Waals surface area contributed by atoms with Crippen LogP contribution in [0.2, 0.25) is 0 Å². The van der Waals surface area contributed by atoms with Crippen LogP contribution in [0.1, 0.15) is 5.56 Å². The van der Waals surface area contributed by atoms with Crippen LogP contribution in [-0.2, 0) is 4.79 Å². The van der Waals surface area contributed by atoms with Crippen LogP contribution in [0.5, 0.6) is 0 Å². The number of thiazole rings is 1. The Labute approximate surface area is 128 Å². The Morgan fingerprint density at radius 2 is 2.09 bits per heavy atom. The number of fused-ring (bicyclic) bond motifs is 2. The van der Waals surface area contributed by atoms with Crippen molar-refractivity contribution in [2.75, 3.05) is 11.4 Å². The maximum Gasteiger partial charge on any atom is 0.291 e. The molecule has 1 aliphatic heterocycles. The van der Waals surface area contributed by atoms with Crippen LogP contribution < -0.4 is 15.0 Å². The highest BCUT2D eigenvalue weighted by Crippen LogP contribution is 2.34. The van der Waals surface area contributed by atoms with Crippen LogP contribution in [0.15, 0.2) is 48.0 Å². The normalized spacial score (nSPS) is 16.4. The number of para-hydroxylation sites is 1. The summed E-state index contributed by atoms with van der Waals surface area (Å²) in [5.74, 6) is -0.192. The highest BCUT2D eigenvalue weighted by molar-refractivity contribution is 7.15. The number of anilines is 1.